The Labute approximate surface area is 190 Å². The minimum Gasteiger partial charge on any atom is -0.507 e. The highest BCUT2D eigenvalue weighted by Crippen LogP contribution is 2.41. The average molecular weight is 424 g/mol. The van der Waals surface area contributed by atoms with Crippen molar-refractivity contribution in [1.82, 2.24) is 0 Å². The van der Waals surface area contributed by atoms with E-state index in [-0.39, 0.29) is 10.8 Å². The van der Waals surface area contributed by atoms with Gasteiger partial charge in [-0.1, -0.05) is 53.7 Å². The molecule has 3 rings (SSSR count). The van der Waals surface area contributed by atoms with Crippen LogP contribution in [0.4, 0.5) is 5.69 Å². The van der Waals surface area contributed by atoms with Crippen LogP contribution < -0.4 is 9.80 Å². The number of nitrogens with zero attached hydrogens (tertiary/aromatic N) is 1. The van der Waals surface area contributed by atoms with Crippen LogP contribution in [0, 0.1) is 0 Å². The topological polar surface area (TPSA) is 27.9 Å². The van der Waals surface area contributed by atoms with Crippen molar-refractivity contribution in [1.29, 1.82) is 0 Å². The van der Waals surface area contributed by atoms with Crippen LogP contribution in [0.5, 0.6) is 5.75 Å². The van der Waals surface area contributed by atoms with Gasteiger partial charge in [0.2, 0.25) is 0 Å². The van der Waals surface area contributed by atoms with E-state index < -0.39 is 0 Å². The maximum atomic E-state index is 11.2. The molecule has 31 heavy (non-hydrogen) atoms. The Morgan fingerprint density at radius 1 is 0.774 bits per heavy atom. The summed E-state index contributed by atoms with van der Waals surface area (Å²) in [5.41, 5.74) is 5.82. The van der Waals surface area contributed by atoms with Crippen LogP contribution >= 0.6 is 0 Å². The van der Waals surface area contributed by atoms with Crippen molar-refractivity contribution in [3.8, 4) is 5.75 Å². The van der Waals surface area contributed by atoms with Gasteiger partial charge in [0, 0.05) is 42.0 Å². The van der Waals surface area contributed by atoms with Gasteiger partial charge in [-0.15, -0.1) is 0 Å². The molecule has 0 bridgehead atoms. The number of phenols is 1. The minimum atomic E-state index is -0.114. The molecule has 2 N–H and O–H groups in total. The molecule has 1 aliphatic heterocycles. The molecule has 0 unspecified atom stereocenters. The molecule has 1 fully saturated rings. The number of hydrogen-bond acceptors (Lipinski definition) is 2. The summed E-state index contributed by atoms with van der Waals surface area (Å²) in [4.78, 5) is 3.80. The third kappa shape index (κ3) is 5.26. The molecule has 0 saturated carbocycles. The van der Waals surface area contributed by atoms with E-state index in [4.69, 9.17) is 0 Å². The number of benzene rings is 2. The highest BCUT2D eigenvalue weighted by atomic mass is 16.3. The van der Waals surface area contributed by atoms with Crippen molar-refractivity contribution < 1.29 is 10.0 Å². The molecule has 0 aromatic heterocycles. The maximum Gasteiger partial charge on any atom is 0.139 e. The zero-order chi connectivity index (χ0) is 23.0. The monoisotopic (exact) mass is 423 g/mol. The first kappa shape index (κ1) is 23.7. The maximum absolute atomic E-state index is 11.2. The standard InChI is InChI=1S/C28H42N2O/c1-27(2,3)23-18-21(19-24(26(23)31)28(4,5)6)25(30-16-10-9-11-17-30)20-12-14-22(15-13-20)29(7)8/h12-15,18-19,25,31H,9-11,16-17H2,1-8H3/p+1/t25-/m0/s1. The van der Waals surface area contributed by atoms with Crippen LogP contribution in [0.15, 0.2) is 36.4 Å². The molecular weight excluding hydrogens is 380 g/mol. The number of aromatic hydroxyl groups is 1. The first-order chi connectivity index (χ1) is 14.4. The van der Waals surface area contributed by atoms with Crippen molar-refractivity contribution in [3.63, 3.8) is 0 Å². The van der Waals surface area contributed by atoms with Gasteiger partial charge >= 0.3 is 0 Å². The number of nitrogens with one attached hydrogen (secondary N) is 1. The van der Waals surface area contributed by atoms with Crippen LogP contribution in [0.3, 0.4) is 0 Å². The Bertz CT molecular complexity index is 844. The predicted molar refractivity (Wildman–Crippen MR) is 133 cm³/mol. The summed E-state index contributed by atoms with van der Waals surface area (Å²) >= 11 is 0. The second-order valence-electron chi connectivity index (χ2n) is 11.6. The van der Waals surface area contributed by atoms with E-state index in [0.717, 1.165) is 11.1 Å². The van der Waals surface area contributed by atoms with Gasteiger partial charge < -0.3 is 14.9 Å². The Kier molecular flexibility index (Phi) is 6.76. The Morgan fingerprint density at radius 3 is 1.68 bits per heavy atom. The predicted octanol–water partition coefficient (Wildman–Crippen LogP) is 5.21. The fourth-order valence-corrected chi connectivity index (χ4v) is 4.89. The molecular formula is C28H43N2O+. The number of hydrogen-bond donors (Lipinski definition) is 2. The normalized spacial score (nSPS) is 16.9. The van der Waals surface area contributed by atoms with Crippen LogP contribution in [0.2, 0.25) is 0 Å². The average Bonchev–Trinajstić information content (AvgIpc) is 2.68. The third-order valence-electron chi connectivity index (χ3n) is 6.73. The number of likely N-dealkylation sites (tertiary alicyclic amines) is 1. The third-order valence-corrected chi connectivity index (χ3v) is 6.73. The molecule has 2 aromatic carbocycles. The van der Waals surface area contributed by atoms with Gasteiger partial charge in [-0.25, -0.2) is 0 Å². The second kappa shape index (κ2) is 8.86. The Hall–Kier alpha value is -2.00. The molecule has 1 saturated heterocycles. The summed E-state index contributed by atoms with van der Waals surface area (Å²) in [7, 11) is 4.18. The van der Waals surface area contributed by atoms with Gasteiger partial charge in [-0.05, 0) is 54.4 Å². The van der Waals surface area contributed by atoms with Crippen LogP contribution in [0.1, 0.15) is 89.1 Å². The first-order valence-corrected chi connectivity index (χ1v) is 11.9. The Balaban J connectivity index is 2.20. The SMILES string of the molecule is CN(C)c1ccc([C@@H](c2cc(C(C)(C)C)c(O)c(C(C)(C)C)c2)[NH+]2CCCCC2)cc1. The fourth-order valence-electron chi connectivity index (χ4n) is 4.89. The van der Waals surface area contributed by atoms with Gasteiger partial charge in [-0.3, -0.25) is 0 Å². The number of rotatable bonds is 4. The van der Waals surface area contributed by atoms with E-state index in [1.807, 2.05) is 0 Å². The Morgan fingerprint density at radius 2 is 1.26 bits per heavy atom. The van der Waals surface area contributed by atoms with Crippen LogP contribution in [-0.4, -0.2) is 32.3 Å². The van der Waals surface area contributed by atoms with Crippen molar-refractivity contribution in [2.24, 2.45) is 0 Å². The zero-order valence-corrected chi connectivity index (χ0v) is 21.0. The summed E-state index contributed by atoms with van der Waals surface area (Å²) in [5, 5.41) is 11.2. The summed E-state index contributed by atoms with van der Waals surface area (Å²) in [6.45, 7) is 15.6. The van der Waals surface area contributed by atoms with Crippen molar-refractivity contribution in [3.05, 3.63) is 58.7 Å². The highest BCUT2D eigenvalue weighted by Gasteiger charge is 2.33. The van der Waals surface area contributed by atoms with Crippen molar-refractivity contribution >= 4 is 5.69 Å². The number of anilines is 1. The number of phenolic OH excluding ortho intramolecular Hbond substituents is 1. The molecule has 2 aromatic rings. The molecule has 0 amide bonds. The molecule has 1 heterocycles. The van der Waals surface area contributed by atoms with Gasteiger partial charge in [0.15, 0.2) is 0 Å². The van der Waals surface area contributed by atoms with Gasteiger partial charge in [0.05, 0.1) is 13.1 Å². The van der Waals surface area contributed by atoms with Crippen molar-refractivity contribution in [2.45, 2.75) is 77.7 Å². The molecule has 1 aliphatic rings. The van der Waals surface area contributed by atoms with Gasteiger partial charge in [0.25, 0.3) is 0 Å². The lowest BCUT2D eigenvalue weighted by molar-refractivity contribution is -0.930. The van der Waals surface area contributed by atoms with Crippen LogP contribution in [0.25, 0.3) is 0 Å². The van der Waals surface area contributed by atoms with E-state index in [2.05, 4.69) is 96.9 Å². The minimum absolute atomic E-state index is 0.114. The fraction of sp³-hybridized carbons (Fsp3) is 0.571. The molecule has 0 aliphatic carbocycles. The van der Waals surface area contributed by atoms with Gasteiger partial charge in [-0.2, -0.15) is 0 Å². The quantitative estimate of drug-likeness (QED) is 0.706. The van der Waals surface area contributed by atoms with Gasteiger partial charge in [0.1, 0.15) is 11.8 Å². The lowest BCUT2D eigenvalue weighted by atomic mass is 9.77. The van der Waals surface area contributed by atoms with Crippen LogP contribution in [-0.2, 0) is 10.8 Å². The number of quaternary nitrogens is 1. The van der Waals surface area contributed by atoms with E-state index in [0.29, 0.717) is 11.8 Å². The molecule has 0 spiro atoms. The first-order valence-electron chi connectivity index (χ1n) is 11.9. The number of piperidine rings is 1. The smallest absolute Gasteiger partial charge is 0.139 e. The molecule has 170 valence electrons. The summed E-state index contributed by atoms with van der Waals surface area (Å²) in [6.07, 6.45) is 3.92. The summed E-state index contributed by atoms with van der Waals surface area (Å²) < 4.78 is 0. The van der Waals surface area contributed by atoms with E-state index in [1.54, 1.807) is 4.90 Å². The lowest BCUT2D eigenvalue weighted by Crippen LogP contribution is -3.13. The lowest BCUT2D eigenvalue weighted by Gasteiger charge is -2.35. The molecule has 0 radical (unpaired) electrons. The van der Waals surface area contributed by atoms with E-state index in [1.165, 1.54) is 49.2 Å². The second-order valence-corrected chi connectivity index (χ2v) is 11.6. The molecule has 3 heteroatoms. The largest absolute Gasteiger partial charge is 0.507 e. The summed E-state index contributed by atoms with van der Waals surface area (Å²) in [6, 6.07) is 14.0. The molecule has 3 nitrogen and oxygen atoms in total. The zero-order valence-electron chi connectivity index (χ0n) is 21.0. The van der Waals surface area contributed by atoms with Crippen molar-refractivity contribution in [2.75, 3.05) is 32.1 Å². The van der Waals surface area contributed by atoms with E-state index >= 15 is 0 Å². The van der Waals surface area contributed by atoms with E-state index in [9.17, 15) is 5.11 Å². The molecule has 1 atom stereocenters. The summed E-state index contributed by atoms with van der Waals surface area (Å²) in [5.74, 6) is 0.471. The highest BCUT2D eigenvalue weighted by molar-refractivity contribution is 5.52.